The highest BCUT2D eigenvalue weighted by Crippen LogP contribution is 2.24. The minimum Gasteiger partial charge on any atom is -0.411 e. The summed E-state index contributed by atoms with van der Waals surface area (Å²) in [6, 6.07) is 11.8. The molecule has 1 N–H and O–H groups in total. The third-order valence-corrected chi connectivity index (χ3v) is 4.29. The van der Waals surface area contributed by atoms with Gasteiger partial charge in [-0.15, -0.1) is 10.2 Å². The Hall–Kier alpha value is -2.67. The minimum atomic E-state index is -0.377. The molecule has 0 aliphatic rings. The molecule has 3 rings (SSSR count). The zero-order valence-electron chi connectivity index (χ0n) is 13.7. The lowest BCUT2D eigenvalue weighted by molar-refractivity contribution is -0.113. The average molecular weight is 357 g/mol. The van der Waals surface area contributed by atoms with Crippen LogP contribution in [0.4, 0.5) is 10.1 Å². The fourth-order valence-corrected chi connectivity index (χ4v) is 2.75. The Balaban J connectivity index is 1.60. The van der Waals surface area contributed by atoms with Gasteiger partial charge in [0.05, 0.1) is 5.75 Å². The van der Waals surface area contributed by atoms with Crippen LogP contribution in [0.1, 0.15) is 11.1 Å². The highest BCUT2D eigenvalue weighted by atomic mass is 32.2. The number of nitrogens with zero attached hydrogens (tertiary/aromatic N) is 2. The second-order valence-electron chi connectivity index (χ2n) is 5.54. The first-order chi connectivity index (χ1) is 12.0. The molecule has 0 aliphatic carbocycles. The van der Waals surface area contributed by atoms with E-state index in [1.807, 2.05) is 32.0 Å². The van der Waals surface area contributed by atoms with Crippen molar-refractivity contribution >= 4 is 23.4 Å². The molecule has 0 unspecified atom stereocenters. The van der Waals surface area contributed by atoms with Crippen LogP contribution in [0.2, 0.25) is 0 Å². The van der Waals surface area contributed by atoms with Gasteiger partial charge in [0.25, 0.3) is 5.22 Å². The molecule has 0 saturated heterocycles. The summed E-state index contributed by atoms with van der Waals surface area (Å²) in [4.78, 5) is 12.1. The SMILES string of the molecule is Cc1ccc(C)c(NC(=O)CSc2nnc(-c3cccc(F)c3)o2)c1. The minimum absolute atomic E-state index is 0.137. The molecule has 0 bridgehead atoms. The van der Waals surface area contributed by atoms with E-state index in [0.29, 0.717) is 5.56 Å². The quantitative estimate of drug-likeness (QED) is 0.692. The molecule has 0 radical (unpaired) electrons. The van der Waals surface area contributed by atoms with Crippen LogP contribution in [0.5, 0.6) is 0 Å². The van der Waals surface area contributed by atoms with Crippen LogP contribution in [0.25, 0.3) is 11.5 Å². The number of hydrogen-bond donors (Lipinski definition) is 1. The number of amides is 1. The molecule has 0 aliphatic heterocycles. The Morgan fingerprint density at radius 1 is 1.20 bits per heavy atom. The topological polar surface area (TPSA) is 68.0 Å². The van der Waals surface area contributed by atoms with Crippen LogP contribution < -0.4 is 5.32 Å². The summed E-state index contributed by atoms with van der Waals surface area (Å²) in [5, 5.41) is 10.9. The summed E-state index contributed by atoms with van der Waals surface area (Å²) in [5.74, 6) is -0.183. The number of anilines is 1. The normalized spacial score (nSPS) is 10.7. The third kappa shape index (κ3) is 4.45. The molecule has 2 aromatic carbocycles. The zero-order chi connectivity index (χ0) is 17.8. The highest BCUT2D eigenvalue weighted by molar-refractivity contribution is 7.99. The number of thioether (sulfide) groups is 1. The number of aromatic nitrogens is 2. The second kappa shape index (κ2) is 7.48. The molecule has 0 fully saturated rings. The monoisotopic (exact) mass is 357 g/mol. The lowest BCUT2D eigenvalue weighted by Gasteiger charge is -2.08. The number of nitrogens with one attached hydrogen (secondary N) is 1. The van der Waals surface area contributed by atoms with Crippen LogP contribution in [0.3, 0.4) is 0 Å². The number of benzene rings is 2. The van der Waals surface area contributed by atoms with Crippen LogP contribution in [-0.2, 0) is 4.79 Å². The molecule has 25 heavy (non-hydrogen) atoms. The van der Waals surface area contributed by atoms with Crippen molar-refractivity contribution in [3.63, 3.8) is 0 Å². The Labute approximate surface area is 148 Å². The van der Waals surface area contributed by atoms with Gasteiger partial charge in [-0.05, 0) is 49.2 Å². The molecule has 1 amide bonds. The fraction of sp³-hybridized carbons (Fsp3) is 0.167. The summed E-state index contributed by atoms with van der Waals surface area (Å²) in [6.07, 6.45) is 0. The Bertz CT molecular complexity index is 911. The molecular weight excluding hydrogens is 341 g/mol. The number of halogens is 1. The average Bonchev–Trinajstić information content (AvgIpc) is 3.05. The van der Waals surface area contributed by atoms with E-state index in [4.69, 9.17) is 4.42 Å². The van der Waals surface area contributed by atoms with Crippen molar-refractivity contribution in [1.82, 2.24) is 10.2 Å². The van der Waals surface area contributed by atoms with Crippen molar-refractivity contribution in [3.8, 4) is 11.5 Å². The van der Waals surface area contributed by atoms with E-state index < -0.39 is 0 Å². The standard InChI is InChI=1S/C18H16FN3O2S/c1-11-6-7-12(2)15(8-11)20-16(23)10-25-18-22-21-17(24-18)13-4-3-5-14(19)9-13/h3-9H,10H2,1-2H3,(H,20,23). The van der Waals surface area contributed by atoms with E-state index in [1.54, 1.807) is 12.1 Å². The first kappa shape index (κ1) is 17.2. The van der Waals surface area contributed by atoms with Crippen molar-refractivity contribution < 1.29 is 13.6 Å². The molecule has 7 heteroatoms. The first-order valence-corrected chi connectivity index (χ1v) is 8.59. The van der Waals surface area contributed by atoms with E-state index in [0.717, 1.165) is 28.6 Å². The maximum atomic E-state index is 13.2. The lowest BCUT2D eigenvalue weighted by Crippen LogP contribution is -2.14. The van der Waals surface area contributed by atoms with E-state index in [-0.39, 0.29) is 28.6 Å². The van der Waals surface area contributed by atoms with Crippen molar-refractivity contribution in [2.24, 2.45) is 0 Å². The number of hydrogen-bond acceptors (Lipinski definition) is 5. The molecule has 0 spiro atoms. The molecule has 3 aromatic rings. The third-order valence-electron chi connectivity index (χ3n) is 3.47. The molecular formula is C18H16FN3O2S. The first-order valence-electron chi connectivity index (χ1n) is 7.60. The number of carbonyl (C=O) groups is 1. The predicted molar refractivity (Wildman–Crippen MR) is 95.0 cm³/mol. The summed E-state index contributed by atoms with van der Waals surface area (Å²) in [7, 11) is 0. The van der Waals surface area contributed by atoms with Gasteiger partial charge in [-0.3, -0.25) is 4.79 Å². The Kier molecular flexibility index (Phi) is 5.14. The lowest BCUT2D eigenvalue weighted by atomic mass is 10.1. The maximum absolute atomic E-state index is 13.2. The summed E-state index contributed by atoms with van der Waals surface area (Å²) in [5.41, 5.74) is 3.36. The van der Waals surface area contributed by atoms with Crippen LogP contribution in [-0.4, -0.2) is 21.9 Å². The van der Waals surface area contributed by atoms with Crippen molar-refractivity contribution in [1.29, 1.82) is 0 Å². The van der Waals surface area contributed by atoms with E-state index in [1.165, 1.54) is 12.1 Å². The highest BCUT2D eigenvalue weighted by Gasteiger charge is 2.12. The predicted octanol–water partition coefficient (Wildman–Crippen LogP) is 4.22. The van der Waals surface area contributed by atoms with Crippen LogP contribution in [0.15, 0.2) is 52.1 Å². The number of carbonyl (C=O) groups excluding carboxylic acids is 1. The molecule has 5 nitrogen and oxygen atoms in total. The van der Waals surface area contributed by atoms with Gasteiger partial charge in [0, 0.05) is 11.3 Å². The molecule has 128 valence electrons. The van der Waals surface area contributed by atoms with Crippen molar-refractivity contribution in [2.45, 2.75) is 19.1 Å². The Morgan fingerprint density at radius 2 is 2.04 bits per heavy atom. The Morgan fingerprint density at radius 3 is 2.84 bits per heavy atom. The van der Waals surface area contributed by atoms with Gasteiger partial charge in [-0.2, -0.15) is 0 Å². The van der Waals surface area contributed by atoms with Crippen molar-refractivity contribution in [3.05, 3.63) is 59.4 Å². The maximum Gasteiger partial charge on any atom is 0.277 e. The molecule has 1 heterocycles. The smallest absolute Gasteiger partial charge is 0.277 e. The van der Waals surface area contributed by atoms with Crippen LogP contribution in [0, 0.1) is 19.7 Å². The van der Waals surface area contributed by atoms with Gasteiger partial charge in [0.2, 0.25) is 11.8 Å². The number of aryl methyl sites for hydroxylation is 2. The van der Waals surface area contributed by atoms with Gasteiger partial charge in [0.1, 0.15) is 5.82 Å². The van der Waals surface area contributed by atoms with Gasteiger partial charge < -0.3 is 9.73 Å². The molecule has 0 saturated carbocycles. The van der Waals surface area contributed by atoms with Gasteiger partial charge >= 0.3 is 0 Å². The van der Waals surface area contributed by atoms with E-state index in [2.05, 4.69) is 15.5 Å². The summed E-state index contributed by atoms with van der Waals surface area (Å²) in [6.45, 7) is 3.90. The zero-order valence-corrected chi connectivity index (χ0v) is 14.6. The van der Waals surface area contributed by atoms with Crippen molar-refractivity contribution in [2.75, 3.05) is 11.1 Å². The van der Waals surface area contributed by atoms with Crippen LogP contribution >= 0.6 is 11.8 Å². The summed E-state index contributed by atoms with van der Waals surface area (Å²) >= 11 is 1.13. The van der Waals surface area contributed by atoms with Gasteiger partial charge in [0.15, 0.2) is 0 Å². The molecule has 1 aromatic heterocycles. The van der Waals surface area contributed by atoms with E-state index in [9.17, 15) is 9.18 Å². The second-order valence-corrected chi connectivity index (χ2v) is 6.47. The largest absolute Gasteiger partial charge is 0.411 e. The van der Waals surface area contributed by atoms with E-state index >= 15 is 0 Å². The summed E-state index contributed by atoms with van der Waals surface area (Å²) < 4.78 is 18.7. The fourth-order valence-electron chi connectivity index (χ4n) is 2.19. The molecule has 0 atom stereocenters. The van der Waals surface area contributed by atoms with Gasteiger partial charge in [-0.1, -0.05) is 30.0 Å². The number of rotatable bonds is 5. The van der Waals surface area contributed by atoms with Gasteiger partial charge in [-0.25, -0.2) is 4.39 Å².